The largest absolute Gasteiger partial charge is 0.386 e. The molecule has 0 spiro atoms. The molecule has 0 amide bonds. The molecule has 6 nitrogen and oxygen atoms in total. The Morgan fingerprint density at radius 2 is 1.51 bits per heavy atom. The van der Waals surface area contributed by atoms with Crippen molar-refractivity contribution in [2.75, 3.05) is 0 Å². The van der Waals surface area contributed by atoms with Crippen LogP contribution in [-0.4, -0.2) is 15.1 Å². The summed E-state index contributed by atoms with van der Waals surface area (Å²) in [6.07, 6.45) is 0. The Labute approximate surface area is 221 Å². The molecule has 0 aliphatic carbocycles. The van der Waals surface area contributed by atoms with Crippen LogP contribution in [0, 0.1) is 34.5 Å². The quantitative estimate of drug-likeness (QED) is 0.187. The number of hydrogen-bond acceptors (Lipinski definition) is 5. The second-order valence-corrected chi connectivity index (χ2v) is 9.19. The number of H-pyrrole nitrogens is 1. The van der Waals surface area contributed by atoms with Crippen LogP contribution in [0.3, 0.4) is 0 Å². The van der Waals surface area contributed by atoms with Gasteiger partial charge in [-0.15, -0.1) is 0 Å². The molecule has 0 saturated carbocycles. The Hall–Kier alpha value is -3.70. The van der Waals surface area contributed by atoms with E-state index in [1.54, 1.807) is 32.0 Å². The molecule has 5 rings (SSSR count). The molecule has 35 heavy (non-hydrogen) atoms. The average molecular weight is 572 g/mol. The van der Waals surface area contributed by atoms with Gasteiger partial charge in [-0.1, -0.05) is 40.2 Å². The van der Waals surface area contributed by atoms with Gasteiger partial charge >= 0.3 is 0 Å². The molecule has 4 aromatic carbocycles. The first-order chi connectivity index (χ1) is 16.3. The van der Waals surface area contributed by atoms with Crippen LogP contribution in [-0.2, 0) is 22.7 Å². The third-order valence-corrected chi connectivity index (χ3v) is 6.26. The van der Waals surface area contributed by atoms with E-state index in [1.165, 1.54) is 0 Å². The standard InChI is InChI=1S/C26H17BrN4O.CHN.Cu/c1-26(2,32)16-6-8-18-20(10-16)21-11-17(27)7-9-19(21)24-23(18)30-25(31-24)22-14(12-28)4-3-5-15(22)13-29;1-2;/h3-11,32H,1-2H3,(H,30,31);1H;. The zero-order valence-corrected chi connectivity index (χ0v) is 21.2. The second kappa shape index (κ2) is 9.88. The number of nitriles is 3. The molecule has 2 N–H and O–H groups in total. The monoisotopic (exact) mass is 570 g/mol. The zero-order chi connectivity index (χ0) is 24.6. The van der Waals surface area contributed by atoms with E-state index in [4.69, 9.17) is 10.2 Å². The van der Waals surface area contributed by atoms with E-state index in [2.05, 4.69) is 39.6 Å². The molecule has 0 atom stereocenters. The Bertz CT molecular complexity index is 1670. The maximum absolute atomic E-state index is 10.6. The Balaban J connectivity index is 0.00000111. The normalized spacial score (nSPS) is 10.7. The molecule has 0 aliphatic heterocycles. The fraction of sp³-hybridized carbons (Fsp3) is 0.111. The molecule has 1 radical (unpaired) electrons. The zero-order valence-electron chi connectivity index (χ0n) is 18.7. The predicted molar refractivity (Wildman–Crippen MR) is 136 cm³/mol. The molecule has 0 unspecified atom stereocenters. The van der Waals surface area contributed by atoms with Crippen LogP contribution in [0.1, 0.15) is 30.5 Å². The summed E-state index contributed by atoms with van der Waals surface area (Å²) in [4.78, 5) is 8.24. The van der Waals surface area contributed by atoms with E-state index in [0.717, 1.165) is 42.6 Å². The summed E-state index contributed by atoms with van der Waals surface area (Å²) in [5, 5.41) is 40.2. The van der Waals surface area contributed by atoms with E-state index >= 15 is 0 Å². The number of fused-ring (bicyclic) bond motifs is 6. The van der Waals surface area contributed by atoms with E-state index in [1.807, 2.05) is 36.4 Å². The van der Waals surface area contributed by atoms with Crippen molar-refractivity contribution in [1.82, 2.24) is 9.97 Å². The van der Waals surface area contributed by atoms with Gasteiger partial charge in [-0.2, -0.15) is 10.5 Å². The molecule has 0 bridgehead atoms. The van der Waals surface area contributed by atoms with Gasteiger partial charge in [0.05, 0.1) is 45.5 Å². The van der Waals surface area contributed by atoms with Gasteiger partial charge < -0.3 is 10.1 Å². The van der Waals surface area contributed by atoms with Crippen LogP contribution < -0.4 is 0 Å². The third-order valence-electron chi connectivity index (χ3n) is 5.77. The van der Waals surface area contributed by atoms with Crippen LogP contribution in [0.25, 0.3) is 44.0 Å². The summed E-state index contributed by atoms with van der Waals surface area (Å²) in [7, 11) is 0. The van der Waals surface area contributed by atoms with Gasteiger partial charge in [-0.3, -0.25) is 0 Å². The van der Waals surface area contributed by atoms with Crippen LogP contribution in [0.4, 0.5) is 0 Å². The number of rotatable bonds is 2. The minimum atomic E-state index is -0.978. The van der Waals surface area contributed by atoms with Gasteiger partial charge in [-0.05, 0) is 60.5 Å². The first kappa shape index (κ1) is 25.9. The van der Waals surface area contributed by atoms with E-state index in [0.29, 0.717) is 22.5 Å². The van der Waals surface area contributed by atoms with Crippen molar-refractivity contribution in [3.8, 4) is 30.1 Å². The number of aromatic amines is 1. The summed E-state index contributed by atoms with van der Waals surface area (Å²) in [6, 6.07) is 21.3. The molecular weight excluding hydrogens is 554 g/mol. The van der Waals surface area contributed by atoms with Gasteiger partial charge in [0.15, 0.2) is 0 Å². The van der Waals surface area contributed by atoms with Crippen molar-refractivity contribution in [1.29, 1.82) is 15.8 Å². The number of benzene rings is 4. The summed E-state index contributed by atoms with van der Waals surface area (Å²) >= 11 is 3.57. The number of aromatic nitrogens is 2. The van der Waals surface area contributed by atoms with Crippen LogP contribution in [0.2, 0.25) is 0 Å². The Kier molecular flexibility index (Phi) is 7.32. The summed E-state index contributed by atoms with van der Waals surface area (Å²) in [5.74, 6) is 0.483. The van der Waals surface area contributed by atoms with Crippen molar-refractivity contribution in [3.63, 3.8) is 0 Å². The smallest absolute Gasteiger partial charge is 0.141 e. The molecular formula is C27H18BrCuN5O. The first-order valence-corrected chi connectivity index (χ1v) is 11.1. The van der Waals surface area contributed by atoms with Crippen LogP contribution in [0.15, 0.2) is 59.1 Å². The molecule has 0 saturated heterocycles. The van der Waals surface area contributed by atoms with Gasteiger partial charge in [0.1, 0.15) is 5.82 Å². The molecule has 0 fully saturated rings. The number of imidazole rings is 1. The fourth-order valence-corrected chi connectivity index (χ4v) is 4.55. The van der Waals surface area contributed by atoms with Crippen molar-refractivity contribution in [2.45, 2.75) is 19.4 Å². The van der Waals surface area contributed by atoms with Gasteiger partial charge in [0, 0.05) is 38.9 Å². The van der Waals surface area contributed by atoms with Crippen LogP contribution in [0.5, 0.6) is 0 Å². The maximum Gasteiger partial charge on any atom is 0.141 e. The Morgan fingerprint density at radius 1 is 0.914 bits per heavy atom. The SMILES string of the molecule is C#N.CC(C)(O)c1ccc2c(c1)c1cc(Br)ccc1c1nc(-c3c(C#N)cccc3C#N)[nH]c21.[Cu]. The van der Waals surface area contributed by atoms with Crippen molar-refractivity contribution in [3.05, 3.63) is 75.8 Å². The van der Waals surface area contributed by atoms with E-state index < -0.39 is 5.60 Å². The van der Waals surface area contributed by atoms with Gasteiger partial charge in [0.2, 0.25) is 0 Å². The van der Waals surface area contributed by atoms with Crippen molar-refractivity contribution >= 4 is 48.5 Å². The van der Waals surface area contributed by atoms with Crippen LogP contribution >= 0.6 is 15.9 Å². The van der Waals surface area contributed by atoms with Gasteiger partial charge in [-0.25, -0.2) is 10.2 Å². The predicted octanol–water partition coefficient (Wildman–Crippen LogP) is 6.41. The average Bonchev–Trinajstić information content (AvgIpc) is 3.29. The first-order valence-electron chi connectivity index (χ1n) is 10.3. The maximum atomic E-state index is 10.6. The minimum absolute atomic E-state index is 0. The van der Waals surface area contributed by atoms with Gasteiger partial charge in [0.25, 0.3) is 0 Å². The third kappa shape index (κ3) is 4.40. The summed E-state index contributed by atoms with van der Waals surface area (Å²) < 4.78 is 0.941. The molecule has 1 heterocycles. The van der Waals surface area contributed by atoms with E-state index in [-0.39, 0.29) is 17.1 Å². The molecule has 5 aromatic rings. The topological polar surface area (TPSA) is 120 Å². The Morgan fingerprint density at radius 3 is 2.11 bits per heavy atom. The number of aliphatic hydroxyl groups is 1. The minimum Gasteiger partial charge on any atom is -0.386 e. The molecule has 1 aromatic heterocycles. The van der Waals surface area contributed by atoms with E-state index in [9.17, 15) is 15.6 Å². The number of nitrogens with zero attached hydrogens (tertiary/aromatic N) is 4. The second-order valence-electron chi connectivity index (χ2n) is 8.27. The molecule has 175 valence electrons. The number of hydrogen-bond donors (Lipinski definition) is 2. The number of nitrogens with one attached hydrogen (secondary N) is 1. The fourth-order valence-electron chi connectivity index (χ4n) is 4.19. The molecule has 8 heteroatoms. The summed E-state index contributed by atoms with van der Waals surface area (Å²) in [5.41, 5.74) is 2.71. The summed E-state index contributed by atoms with van der Waals surface area (Å²) in [6.45, 7) is 7.03. The van der Waals surface area contributed by atoms with Crippen molar-refractivity contribution < 1.29 is 22.2 Å². The molecule has 0 aliphatic rings. The van der Waals surface area contributed by atoms with Crippen molar-refractivity contribution in [2.24, 2.45) is 0 Å². The number of halogens is 1.